The maximum Gasteiger partial charge on any atom is 0.274 e. The summed E-state index contributed by atoms with van der Waals surface area (Å²) >= 11 is 1.75. The van der Waals surface area contributed by atoms with Crippen LogP contribution in [0.3, 0.4) is 0 Å². The Hall–Kier alpha value is -2.86. The summed E-state index contributed by atoms with van der Waals surface area (Å²) in [7, 11) is 0. The molecular formula is C22H20N4OS. The second kappa shape index (κ2) is 6.95. The van der Waals surface area contributed by atoms with Crippen molar-refractivity contribution >= 4 is 17.5 Å². The molecule has 2 aromatic heterocycles. The minimum Gasteiger partial charge on any atom is -0.271 e. The van der Waals surface area contributed by atoms with E-state index in [1.807, 2.05) is 30.3 Å². The Morgan fingerprint density at radius 3 is 2.71 bits per heavy atom. The van der Waals surface area contributed by atoms with Crippen molar-refractivity contribution < 1.29 is 0 Å². The van der Waals surface area contributed by atoms with E-state index in [0.717, 1.165) is 11.3 Å². The summed E-state index contributed by atoms with van der Waals surface area (Å²) in [4.78, 5) is 23.0. The largest absolute Gasteiger partial charge is 0.274 e. The first kappa shape index (κ1) is 17.3. The zero-order valence-corrected chi connectivity index (χ0v) is 16.4. The number of thioether (sulfide) groups is 1. The van der Waals surface area contributed by atoms with Crippen LogP contribution in [-0.2, 0) is 5.75 Å². The summed E-state index contributed by atoms with van der Waals surface area (Å²) in [6, 6.07) is 17.8. The molecule has 2 heterocycles. The van der Waals surface area contributed by atoms with Crippen LogP contribution in [0.2, 0.25) is 0 Å². The van der Waals surface area contributed by atoms with E-state index in [9.17, 15) is 4.79 Å². The molecule has 1 aliphatic carbocycles. The molecule has 4 aromatic rings. The second-order valence-electron chi connectivity index (χ2n) is 7.21. The predicted molar refractivity (Wildman–Crippen MR) is 112 cm³/mol. The number of nitrogens with one attached hydrogen (secondary N) is 1. The molecule has 1 fully saturated rings. The number of nitrogens with zero attached hydrogens (tertiary/aromatic N) is 3. The van der Waals surface area contributed by atoms with Gasteiger partial charge in [-0.3, -0.25) is 9.89 Å². The maximum absolute atomic E-state index is 12.5. The number of aromatic amines is 1. The fourth-order valence-corrected chi connectivity index (χ4v) is 4.66. The predicted octanol–water partition coefficient (Wildman–Crippen LogP) is 4.56. The van der Waals surface area contributed by atoms with Gasteiger partial charge in [-0.15, -0.1) is 11.8 Å². The number of hydrogen-bond donors (Lipinski definition) is 1. The van der Waals surface area contributed by atoms with Crippen LogP contribution in [0.25, 0.3) is 17.2 Å². The lowest BCUT2D eigenvalue weighted by Crippen LogP contribution is -2.15. The number of aryl methyl sites for hydroxylation is 1. The molecule has 0 amide bonds. The van der Waals surface area contributed by atoms with E-state index >= 15 is 0 Å². The van der Waals surface area contributed by atoms with E-state index in [-0.39, 0.29) is 5.56 Å². The van der Waals surface area contributed by atoms with E-state index in [2.05, 4.69) is 40.2 Å². The summed E-state index contributed by atoms with van der Waals surface area (Å²) in [5.41, 5.74) is 4.37. The quantitative estimate of drug-likeness (QED) is 0.509. The van der Waals surface area contributed by atoms with Crippen LogP contribution in [0.4, 0.5) is 0 Å². The minimum atomic E-state index is -0.137. The number of fused-ring (bicyclic) bond motifs is 1. The first-order chi connectivity index (χ1) is 13.7. The fraction of sp³-hybridized carbons (Fsp3) is 0.227. The van der Waals surface area contributed by atoms with E-state index in [4.69, 9.17) is 0 Å². The average Bonchev–Trinajstić information content (AvgIpc) is 3.44. The lowest BCUT2D eigenvalue weighted by atomic mass is 10.0. The van der Waals surface area contributed by atoms with Gasteiger partial charge in [-0.1, -0.05) is 42.5 Å². The van der Waals surface area contributed by atoms with Gasteiger partial charge in [-0.05, 0) is 42.9 Å². The van der Waals surface area contributed by atoms with Crippen LogP contribution in [-0.4, -0.2) is 19.6 Å². The zero-order valence-electron chi connectivity index (χ0n) is 15.6. The van der Waals surface area contributed by atoms with E-state index < -0.39 is 0 Å². The molecule has 0 radical (unpaired) electrons. The van der Waals surface area contributed by atoms with Crippen LogP contribution in [0, 0.1) is 6.92 Å². The first-order valence-electron chi connectivity index (χ1n) is 9.45. The average molecular weight is 388 g/mol. The molecule has 1 aliphatic rings. The number of benzene rings is 2. The van der Waals surface area contributed by atoms with Gasteiger partial charge in [0.2, 0.25) is 0 Å². The Morgan fingerprint density at radius 2 is 1.93 bits per heavy atom. The topological polar surface area (TPSA) is 63.0 Å². The Balaban J connectivity index is 1.44. The third kappa shape index (κ3) is 3.24. The van der Waals surface area contributed by atoms with Crippen LogP contribution < -0.4 is 5.56 Å². The lowest BCUT2D eigenvalue weighted by molar-refractivity contribution is 0.890. The van der Waals surface area contributed by atoms with Gasteiger partial charge in [0.25, 0.3) is 11.3 Å². The maximum atomic E-state index is 12.5. The molecule has 1 N–H and O–H groups in total. The van der Waals surface area contributed by atoms with Gasteiger partial charge in [0.15, 0.2) is 5.82 Å². The minimum absolute atomic E-state index is 0.137. The first-order valence-corrected chi connectivity index (χ1v) is 10.4. The van der Waals surface area contributed by atoms with Gasteiger partial charge in [-0.2, -0.15) is 9.50 Å². The van der Waals surface area contributed by atoms with E-state index in [1.54, 1.807) is 17.8 Å². The van der Waals surface area contributed by atoms with Crippen molar-refractivity contribution in [3.8, 4) is 11.4 Å². The molecule has 0 spiro atoms. The zero-order chi connectivity index (χ0) is 19.1. The summed E-state index contributed by atoms with van der Waals surface area (Å²) in [5.74, 6) is 2.41. The normalized spacial score (nSPS) is 13.9. The van der Waals surface area contributed by atoms with Gasteiger partial charge >= 0.3 is 0 Å². The van der Waals surface area contributed by atoms with Gasteiger partial charge in [0.1, 0.15) is 0 Å². The van der Waals surface area contributed by atoms with Crippen LogP contribution in [0.15, 0.2) is 64.3 Å². The Kier molecular flexibility index (Phi) is 4.28. The summed E-state index contributed by atoms with van der Waals surface area (Å²) in [6.07, 6.45) is 2.55. The molecule has 2 aromatic carbocycles. The van der Waals surface area contributed by atoms with Crippen molar-refractivity contribution in [1.82, 2.24) is 19.6 Å². The Bertz CT molecular complexity index is 1210. The van der Waals surface area contributed by atoms with Crippen LogP contribution in [0.1, 0.15) is 35.6 Å². The van der Waals surface area contributed by atoms with Crippen molar-refractivity contribution in [3.05, 3.63) is 81.8 Å². The van der Waals surface area contributed by atoms with Crippen LogP contribution >= 0.6 is 11.8 Å². The Morgan fingerprint density at radius 1 is 1.11 bits per heavy atom. The molecule has 0 aliphatic heterocycles. The van der Waals surface area contributed by atoms with Crippen molar-refractivity contribution in [2.45, 2.75) is 36.3 Å². The smallest absolute Gasteiger partial charge is 0.271 e. The van der Waals surface area contributed by atoms with Crippen molar-refractivity contribution in [2.24, 2.45) is 0 Å². The van der Waals surface area contributed by atoms with Gasteiger partial charge in [-0.25, -0.2) is 4.98 Å². The molecule has 0 atom stereocenters. The molecule has 6 heteroatoms. The number of hydrogen-bond acceptors (Lipinski definition) is 4. The highest BCUT2D eigenvalue weighted by molar-refractivity contribution is 7.98. The molecule has 140 valence electrons. The fourth-order valence-electron chi connectivity index (χ4n) is 3.55. The monoisotopic (exact) mass is 388 g/mol. The Labute approximate surface area is 166 Å². The standard InChI is InChI=1S/C22H20N4OS/c1-14-6-5-9-18(20(14)15-10-11-15)28-13-17-12-19(27)26-22(23-17)24-21(25-26)16-7-3-2-4-8-16/h2-9,12,15H,10-11,13H2,1H3,(H,23,24,25). The molecular weight excluding hydrogens is 368 g/mol. The van der Waals surface area contributed by atoms with Crippen LogP contribution in [0.5, 0.6) is 0 Å². The molecule has 1 saturated carbocycles. The number of rotatable bonds is 5. The van der Waals surface area contributed by atoms with Gasteiger partial charge in [0, 0.05) is 22.3 Å². The summed E-state index contributed by atoms with van der Waals surface area (Å²) < 4.78 is 1.40. The van der Waals surface area contributed by atoms with Gasteiger partial charge in [0.05, 0.1) is 5.69 Å². The summed E-state index contributed by atoms with van der Waals surface area (Å²) in [6.45, 7) is 2.18. The third-order valence-electron chi connectivity index (χ3n) is 5.08. The van der Waals surface area contributed by atoms with Crippen molar-refractivity contribution in [2.75, 3.05) is 0 Å². The van der Waals surface area contributed by atoms with E-state index in [1.165, 1.54) is 33.4 Å². The number of H-pyrrole nitrogens is 1. The second-order valence-corrected chi connectivity index (χ2v) is 8.23. The van der Waals surface area contributed by atoms with Gasteiger partial charge < -0.3 is 0 Å². The molecule has 0 bridgehead atoms. The molecule has 0 saturated heterocycles. The SMILES string of the molecule is Cc1cccc(SCc2cc(=O)n3[nH]c(-c4ccccc4)nc3n2)c1C1CC1. The van der Waals surface area contributed by atoms with Crippen molar-refractivity contribution in [1.29, 1.82) is 0 Å². The van der Waals surface area contributed by atoms with Crippen molar-refractivity contribution in [3.63, 3.8) is 0 Å². The highest BCUT2D eigenvalue weighted by Gasteiger charge is 2.27. The number of aromatic nitrogens is 4. The molecule has 28 heavy (non-hydrogen) atoms. The molecule has 0 unspecified atom stereocenters. The van der Waals surface area contributed by atoms with E-state index in [0.29, 0.717) is 23.3 Å². The third-order valence-corrected chi connectivity index (χ3v) is 6.18. The highest BCUT2D eigenvalue weighted by atomic mass is 32.2. The molecule has 5 rings (SSSR count). The molecule has 5 nitrogen and oxygen atoms in total. The lowest BCUT2D eigenvalue weighted by Gasteiger charge is -2.11. The highest BCUT2D eigenvalue weighted by Crippen LogP contribution is 2.46. The summed E-state index contributed by atoms with van der Waals surface area (Å²) in [5, 5.41) is 3.04.